The van der Waals surface area contributed by atoms with Crippen LogP contribution in [0.1, 0.15) is 232 Å². The van der Waals surface area contributed by atoms with E-state index < -0.39 is 6.04 Å². The second kappa shape index (κ2) is 47.1. The van der Waals surface area contributed by atoms with Crippen molar-refractivity contribution in [1.82, 2.24) is 15.5 Å². The molecule has 9 nitrogen and oxygen atoms in total. The quantitative estimate of drug-likeness (QED) is 0.0242. The van der Waals surface area contributed by atoms with Crippen LogP contribution in [-0.4, -0.2) is 79.3 Å². The highest BCUT2D eigenvalue weighted by molar-refractivity contribution is 14.1. The highest BCUT2D eigenvalue weighted by Gasteiger charge is 2.21. The molecule has 3 amide bonds. The van der Waals surface area contributed by atoms with Crippen molar-refractivity contribution in [1.29, 1.82) is 0 Å². The third-order valence-corrected chi connectivity index (χ3v) is 11.7. The van der Waals surface area contributed by atoms with E-state index in [4.69, 9.17) is 15.2 Å². The third kappa shape index (κ3) is 43.1. The average Bonchev–Trinajstić information content (AvgIpc) is 3.21. The van der Waals surface area contributed by atoms with Crippen LogP contribution in [0.3, 0.4) is 0 Å². The molecule has 0 aliphatic rings. The summed E-state index contributed by atoms with van der Waals surface area (Å²) in [5.74, 6) is -0.115. The van der Waals surface area contributed by atoms with Gasteiger partial charge in [-0.3, -0.25) is 14.4 Å². The van der Waals surface area contributed by atoms with Crippen molar-refractivity contribution in [3.8, 4) is 0 Å². The van der Waals surface area contributed by atoms with E-state index in [1.165, 1.54) is 180 Å². The van der Waals surface area contributed by atoms with Gasteiger partial charge in [-0.05, 0) is 19.3 Å². The first-order valence-corrected chi connectivity index (χ1v) is 25.9. The molecule has 0 rings (SSSR count). The summed E-state index contributed by atoms with van der Waals surface area (Å²) in [6.45, 7) is 8.64. The molecule has 344 valence electrons. The van der Waals surface area contributed by atoms with Gasteiger partial charge in [0.25, 0.3) is 3.91 Å². The molecule has 0 aromatic rings. The number of nitrogens with two attached hydrogens (primary N) is 1. The summed E-state index contributed by atoms with van der Waals surface area (Å²) in [5.41, 5.74) is 6.42. The summed E-state index contributed by atoms with van der Waals surface area (Å²) in [4.78, 5) is 38.8. The molecular formula is C48H95IN4O5. The maximum atomic E-state index is 13.5. The van der Waals surface area contributed by atoms with E-state index in [-0.39, 0.29) is 22.1 Å². The van der Waals surface area contributed by atoms with Gasteiger partial charge in [-0.1, -0.05) is 206 Å². The molecule has 0 aliphatic carbocycles. The Kier molecular flexibility index (Phi) is 46.3. The zero-order valence-corrected chi connectivity index (χ0v) is 40.4. The molecule has 0 aromatic heterocycles. The number of hydrogen-bond donors (Lipinski definition) is 3. The van der Waals surface area contributed by atoms with Gasteiger partial charge in [0.15, 0.2) is 0 Å². The molecule has 0 aromatic carbocycles. The molecule has 58 heavy (non-hydrogen) atoms. The van der Waals surface area contributed by atoms with Crippen LogP contribution in [0.25, 0.3) is 0 Å². The van der Waals surface area contributed by atoms with Gasteiger partial charge < -0.3 is 30.7 Å². The fraction of sp³-hybridized carbons (Fsp3) is 0.938. The van der Waals surface area contributed by atoms with Crippen LogP contribution in [0.5, 0.6) is 0 Å². The first-order chi connectivity index (χ1) is 28.4. The van der Waals surface area contributed by atoms with E-state index in [0.29, 0.717) is 45.9 Å². The largest absolute Gasteiger partial charge is 0.377 e. The minimum Gasteiger partial charge on any atom is -0.377 e. The van der Waals surface area contributed by atoms with Crippen molar-refractivity contribution in [2.75, 3.05) is 52.6 Å². The highest BCUT2D eigenvalue weighted by Crippen LogP contribution is 2.16. The van der Waals surface area contributed by atoms with Gasteiger partial charge in [0.1, 0.15) is 0 Å². The lowest BCUT2D eigenvalue weighted by Gasteiger charge is -2.26. The standard InChI is InChI=1S/C48H95IN4O5/c1-3-5-7-9-11-13-15-17-19-21-23-25-27-29-31-33-39-53(40-34-32-30-28-26-24-22-20-18-16-14-12-10-8-6-4-2)47(55)45(50)35-36-46(54)51-37-41-57-43-44-58-42-38-52-48(49)56/h45H,3-44,50H2,1-2H3,(H,51,54)(H,52,56)/t45-/m1/s1. The SMILES string of the molecule is CCCCCCCCCCCCCCCCCCN(CCCCCCCCCCCCCCCCCC)C(=O)[C@H](N)CCC(=O)NCCOCCOCCNC(=O)I. The molecule has 0 radical (unpaired) electrons. The Balaban J connectivity index is 4.32. The number of amides is 3. The topological polar surface area (TPSA) is 123 Å². The lowest BCUT2D eigenvalue weighted by Crippen LogP contribution is -2.45. The van der Waals surface area contributed by atoms with Crippen LogP contribution in [-0.2, 0) is 19.1 Å². The Morgan fingerprint density at radius 3 is 1.12 bits per heavy atom. The average molecular weight is 935 g/mol. The summed E-state index contributed by atoms with van der Waals surface area (Å²) >= 11 is 1.69. The van der Waals surface area contributed by atoms with Crippen LogP contribution < -0.4 is 16.4 Å². The molecule has 0 fully saturated rings. The number of ether oxygens (including phenoxy) is 2. The number of carbonyl (C=O) groups excluding carboxylic acids is 3. The minimum atomic E-state index is -0.654. The van der Waals surface area contributed by atoms with Crippen molar-refractivity contribution in [3.63, 3.8) is 0 Å². The van der Waals surface area contributed by atoms with Gasteiger partial charge >= 0.3 is 0 Å². The van der Waals surface area contributed by atoms with E-state index in [1.54, 1.807) is 22.6 Å². The zero-order chi connectivity index (χ0) is 42.4. The smallest absolute Gasteiger partial charge is 0.280 e. The zero-order valence-electron chi connectivity index (χ0n) is 38.2. The van der Waals surface area contributed by atoms with E-state index >= 15 is 0 Å². The lowest BCUT2D eigenvalue weighted by molar-refractivity contribution is -0.133. The minimum absolute atomic E-state index is 0.00361. The van der Waals surface area contributed by atoms with Crippen LogP contribution in [0.15, 0.2) is 0 Å². The molecule has 0 unspecified atom stereocenters. The van der Waals surface area contributed by atoms with E-state index in [2.05, 4.69) is 24.5 Å². The number of carbonyl (C=O) groups is 3. The monoisotopic (exact) mass is 935 g/mol. The number of rotatable bonds is 47. The number of halogens is 1. The Labute approximate surface area is 372 Å². The van der Waals surface area contributed by atoms with Crippen LogP contribution in [0.4, 0.5) is 4.79 Å². The maximum absolute atomic E-state index is 13.5. The Bertz CT molecular complexity index is 862. The van der Waals surface area contributed by atoms with E-state index in [0.717, 1.165) is 38.8 Å². The summed E-state index contributed by atoms with van der Waals surface area (Å²) in [6, 6.07) is -0.654. The Hall–Kier alpha value is -0.980. The van der Waals surface area contributed by atoms with Gasteiger partial charge in [0, 0.05) is 55.2 Å². The molecule has 4 N–H and O–H groups in total. The maximum Gasteiger partial charge on any atom is 0.280 e. The summed E-state index contributed by atoms with van der Waals surface area (Å²) in [6.07, 6.45) is 43.3. The summed E-state index contributed by atoms with van der Waals surface area (Å²) < 4.78 is 10.8. The van der Waals surface area contributed by atoms with Crippen molar-refractivity contribution >= 4 is 38.3 Å². The van der Waals surface area contributed by atoms with Crippen molar-refractivity contribution in [2.24, 2.45) is 5.73 Å². The van der Waals surface area contributed by atoms with Gasteiger partial charge in [-0.2, -0.15) is 0 Å². The number of nitrogens with one attached hydrogen (secondary N) is 2. The Morgan fingerprint density at radius 1 is 0.483 bits per heavy atom. The lowest BCUT2D eigenvalue weighted by atomic mass is 10.0. The molecule has 0 heterocycles. The molecule has 0 bridgehead atoms. The summed E-state index contributed by atoms with van der Waals surface area (Å²) in [5, 5.41) is 5.53. The van der Waals surface area contributed by atoms with Gasteiger partial charge in [0.2, 0.25) is 11.8 Å². The van der Waals surface area contributed by atoms with Gasteiger partial charge in [-0.15, -0.1) is 0 Å². The predicted molar refractivity (Wildman–Crippen MR) is 255 cm³/mol. The van der Waals surface area contributed by atoms with Crippen LogP contribution >= 0.6 is 22.6 Å². The highest BCUT2D eigenvalue weighted by atomic mass is 127. The number of unbranched alkanes of at least 4 members (excludes halogenated alkanes) is 30. The fourth-order valence-corrected chi connectivity index (χ4v) is 7.84. The van der Waals surface area contributed by atoms with E-state index in [9.17, 15) is 14.4 Å². The third-order valence-electron chi connectivity index (χ3n) is 11.3. The van der Waals surface area contributed by atoms with Gasteiger partial charge in [0.05, 0.1) is 32.5 Å². The van der Waals surface area contributed by atoms with Gasteiger partial charge in [-0.25, -0.2) is 0 Å². The molecule has 0 saturated heterocycles. The van der Waals surface area contributed by atoms with E-state index in [1.807, 2.05) is 4.90 Å². The molecular weight excluding hydrogens is 839 g/mol. The first kappa shape index (κ1) is 57.0. The Morgan fingerprint density at radius 2 is 0.793 bits per heavy atom. The molecule has 0 saturated carbocycles. The number of nitrogens with zero attached hydrogens (tertiary/aromatic N) is 1. The normalized spacial score (nSPS) is 11.9. The number of hydrogen-bond acceptors (Lipinski definition) is 6. The van der Waals surface area contributed by atoms with Crippen molar-refractivity contribution in [2.45, 2.75) is 238 Å². The fourth-order valence-electron chi connectivity index (χ4n) is 7.57. The molecule has 0 spiro atoms. The van der Waals surface area contributed by atoms with Crippen molar-refractivity contribution in [3.05, 3.63) is 0 Å². The second-order valence-electron chi connectivity index (χ2n) is 16.9. The van der Waals surface area contributed by atoms with Crippen LogP contribution in [0.2, 0.25) is 0 Å². The van der Waals surface area contributed by atoms with Crippen LogP contribution in [0, 0.1) is 0 Å². The molecule has 0 aliphatic heterocycles. The second-order valence-corrected chi connectivity index (χ2v) is 17.8. The predicted octanol–water partition coefficient (Wildman–Crippen LogP) is 12.7. The molecule has 10 heteroatoms. The summed E-state index contributed by atoms with van der Waals surface area (Å²) in [7, 11) is 0. The van der Waals surface area contributed by atoms with Crippen molar-refractivity contribution < 1.29 is 23.9 Å². The molecule has 1 atom stereocenters. The first-order valence-electron chi connectivity index (χ1n) is 24.8.